The van der Waals surface area contributed by atoms with Crippen LogP contribution in [-0.4, -0.2) is 57.5 Å². The number of methoxy groups -OCH3 is 1. The van der Waals surface area contributed by atoms with Crippen molar-refractivity contribution in [1.82, 2.24) is 30.0 Å². The van der Waals surface area contributed by atoms with Gasteiger partial charge in [0.25, 0.3) is 0 Å². The van der Waals surface area contributed by atoms with Gasteiger partial charge in [0.1, 0.15) is 5.75 Å². The summed E-state index contributed by atoms with van der Waals surface area (Å²) < 4.78 is 7.33. The molecule has 174 valence electrons. The summed E-state index contributed by atoms with van der Waals surface area (Å²) in [5, 5.41) is 12.9. The second kappa shape index (κ2) is 9.87. The highest BCUT2D eigenvalue weighted by Gasteiger charge is 2.24. The van der Waals surface area contributed by atoms with Crippen molar-refractivity contribution in [2.75, 3.05) is 31.6 Å². The first-order valence-corrected chi connectivity index (χ1v) is 12.0. The van der Waals surface area contributed by atoms with Crippen LogP contribution in [-0.2, 0) is 0 Å². The lowest BCUT2D eigenvalue weighted by Crippen LogP contribution is -2.47. The maximum absolute atomic E-state index is 5.28. The zero-order valence-corrected chi connectivity index (χ0v) is 19.5. The summed E-state index contributed by atoms with van der Waals surface area (Å²) in [6, 6.07) is 6.72. The Morgan fingerprint density at radius 2 is 2.06 bits per heavy atom. The average molecular weight is 448 g/mol. The van der Waals surface area contributed by atoms with Crippen molar-refractivity contribution in [3.63, 3.8) is 0 Å². The first kappa shape index (κ1) is 21.8. The van der Waals surface area contributed by atoms with Gasteiger partial charge in [-0.2, -0.15) is 5.10 Å². The highest BCUT2D eigenvalue weighted by Crippen LogP contribution is 2.27. The molecule has 1 unspecified atom stereocenters. The molecule has 0 amide bonds. The highest BCUT2D eigenvalue weighted by atomic mass is 16.5. The molecular formula is C25H33N7O. The zero-order chi connectivity index (χ0) is 22.6. The maximum Gasteiger partial charge on any atom is 0.151 e. The summed E-state index contributed by atoms with van der Waals surface area (Å²) in [5.74, 6) is 2.58. The van der Waals surface area contributed by atoms with E-state index in [4.69, 9.17) is 4.74 Å². The van der Waals surface area contributed by atoms with Crippen LogP contribution in [0.15, 0.2) is 43.1 Å². The van der Waals surface area contributed by atoms with Gasteiger partial charge >= 0.3 is 0 Å². The highest BCUT2D eigenvalue weighted by molar-refractivity contribution is 5.58. The minimum absolute atomic E-state index is 0.0321. The SMILES string of the molecule is COc1cncc(-c2cn(C(C)c3ccc(N4CCC[C@@H](NCC5CCC5)C4)nn3)cn2)c1. The lowest BCUT2D eigenvalue weighted by Gasteiger charge is -2.35. The fraction of sp³-hybridized carbons (Fsp3) is 0.520. The topological polar surface area (TPSA) is 81.0 Å². The third-order valence-corrected chi connectivity index (χ3v) is 7.06. The van der Waals surface area contributed by atoms with Crippen LogP contribution in [0.5, 0.6) is 5.75 Å². The maximum atomic E-state index is 5.28. The van der Waals surface area contributed by atoms with Crippen LogP contribution >= 0.6 is 0 Å². The van der Waals surface area contributed by atoms with E-state index in [1.54, 1.807) is 19.5 Å². The Bertz CT molecular complexity index is 1050. The summed E-state index contributed by atoms with van der Waals surface area (Å²) >= 11 is 0. The largest absolute Gasteiger partial charge is 0.495 e. The lowest BCUT2D eigenvalue weighted by molar-refractivity contribution is 0.280. The van der Waals surface area contributed by atoms with Gasteiger partial charge in [0.05, 0.1) is 37.1 Å². The fourth-order valence-electron chi connectivity index (χ4n) is 4.63. The molecule has 5 rings (SSSR count). The number of pyridine rings is 1. The number of hydrogen-bond donors (Lipinski definition) is 1. The molecule has 0 radical (unpaired) electrons. The molecule has 4 heterocycles. The van der Waals surface area contributed by atoms with Gasteiger partial charge < -0.3 is 19.5 Å². The van der Waals surface area contributed by atoms with E-state index in [1.165, 1.54) is 38.6 Å². The summed E-state index contributed by atoms with van der Waals surface area (Å²) in [4.78, 5) is 11.1. The molecule has 2 fully saturated rings. The van der Waals surface area contributed by atoms with E-state index in [0.717, 1.165) is 47.5 Å². The van der Waals surface area contributed by atoms with Gasteiger partial charge in [0, 0.05) is 37.1 Å². The second-order valence-corrected chi connectivity index (χ2v) is 9.30. The number of piperidine rings is 1. The summed E-state index contributed by atoms with van der Waals surface area (Å²) in [7, 11) is 1.64. The van der Waals surface area contributed by atoms with Crippen molar-refractivity contribution in [2.45, 2.75) is 51.1 Å². The van der Waals surface area contributed by atoms with E-state index >= 15 is 0 Å². The molecule has 1 saturated heterocycles. The van der Waals surface area contributed by atoms with Crippen molar-refractivity contribution < 1.29 is 4.74 Å². The molecule has 1 aliphatic heterocycles. The van der Waals surface area contributed by atoms with Crippen molar-refractivity contribution in [3.05, 3.63) is 48.8 Å². The molecule has 1 aliphatic carbocycles. The van der Waals surface area contributed by atoms with Gasteiger partial charge in [-0.1, -0.05) is 6.42 Å². The molecule has 1 N–H and O–H groups in total. The van der Waals surface area contributed by atoms with Crippen molar-refractivity contribution in [2.24, 2.45) is 5.92 Å². The Hall–Kier alpha value is -3.00. The van der Waals surface area contributed by atoms with Crippen LogP contribution in [0.4, 0.5) is 5.82 Å². The van der Waals surface area contributed by atoms with Crippen LogP contribution in [0.2, 0.25) is 0 Å². The van der Waals surface area contributed by atoms with Crippen LogP contribution in [0.1, 0.15) is 50.8 Å². The number of anilines is 1. The third kappa shape index (κ3) is 5.00. The van der Waals surface area contributed by atoms with Crippen molar-refractivity contribution >= 4 is 5.82 Å². The molecule has 2 aliphatic rings. The van der Waals surface area contributed by atoms with E-state index in [0.29, 0.717) is 6.04 Å². The van der Waals surface area contributed by atoms with Gasteiger partial charge in [-0.15, -0.1) is 5.10 Å². The fourth-order valence-corrected chi connectivity index (χ4v) is 4.63. The minimum Gasteiger partial charge on any atom is -0.495 e. The monoisotopic (exact) mass is 447 g/mol. The number of nitrogens with zero attached hydrogens (tertiary/aromatic N) is 6. The molecule has 33 heavy (non-hydrogen) atoms. The Kier molecular flexibility index (Phi) is 6.53. The first-order valence-electron chi connectivity index (χ1n) is 12.0. The molecule has 8 nitrogen and oxygen atoms in total. The molecule has 0 aromatic carbocycles. The Balaban J connectivity index is 1.22. The summed E-state index contributed by atoms with van der Waals surface area (Å²) in [6.07, 6.45) is 14.0. The van der Waals surface area contributed by atoms with Crippen molar-refractivity contribution in [3.8, 4) is 17.0 Å². The molecule has 3 aromatic heterocycles. The minimum atomic E-state index is 0.0321. The molecular weight excluding hydrogens is 414 g/mol. The quantitative estimate of drug-likeness (QED) is 0.564. The molecule has 0 bridgehead atoms. The summed E-state index contributed by atoms with van der Waals surface area (Å²) in [5.41, 5.74) is 2.70. The number of rotatable bonds is 8. The predicted octanol–water partition coefficient (Wildman–Crippen LogP) is 3.71. The normalized spacial score (nSPS) is 19.8. The van der Waals surface area contributed by atoms with Crippen molar-refractivity contribution in [1.29, 1.82) is 0 Å². The van der Waals surface area contributed by atoms with Gasteiger partial charge in [0.15, 0.2) is 5.82 Å². The van der Waals surface area contributed by atoms with Crippen LogP contribution in [0, 0.1) is 5.92 Å². The molecule has 1 saturated carbocycles. The van der Waals surface area contributed by atoms with E-state index < -0.39 is 0 Å². The number of hydrogen-bond acceptors (Lipinski definition) is 7. The number of aromatic nitrogens is 5. The van der Waals surface area contributed by atoms with Crippen LogP contribution < -0.4 is 15.0 Å². The van der Waals surface area contributed by atoms with Crippen LogP contribution in [0.3, 0.4) is 0 Å². The van der Waals surface area contributed by atoms with Gasteiger partial charge in [-0.25, -0.2) is 4.98 Å². The van der Waals surface area contributed by atoms with E-state index in [-0.39, 0.29) is 6.04 Å². The molecule has 3 aromatic rings. The predicted molar refractivity (Wildman–Crippen MR) is 128 cm³/mol. The summed E-state index contributed by atoms with van der Waals surface area (Å²) in [6.45, 7) is 5.33. The standard InChI is InChI=1S/C25H33N7O/c1-18(32-16-24(28-17-32)20-11-22(33-2)14-26-13-20)23-8-9-25(30-29-23)31-10-4-7-21(15-31)27-12-19-5-3-6-19/h8-9,11,13-14,16-19,21,27H,3-7,10,12,15H2,1-2H3/t18?,21-/m1/s1. The van der Waals surface area contributed by atoms with E-state index in [1.807, 2.05) is 18.6 Å². The Labute approximate surface area is 195 Å². The van der Waals surface area contributed by atoms with Gasteiger partial charge in [-0.05, 0) is 63.3 Å². The molecule has 0 spiro atoms. The Morgan fingerprint density at radius 3 is 2.82 bits per heavy atom. The molecule has 2 atom stereocenters. The third-order valence-electron chi connectivity index (χ3n) is 7.06. The van der Waals surface area contributed by atoms with Gasteiger partial charge in [-0.3, -0.25) is 4.98 Å². The first-order chi connectivity index (χ1) is 16.2. The van der Waals surface area contributed by atoms with E-state index in [2.05, 4.69) is 54.0 Å². The van der Waals surface area contributed by atoms with Gasteiger partial charge in [0.2, 0.25) is 0 Å². The second-order valence-electron chi connectivity index (χ2n) is 9.30. The van der Waals surface area contributed by atoms with E-state index in [9.17, 15) is 0 Å². The number of imidazole rings is 1. The molecule has 8 heteroatoms. The van der Waals surface area contributed by atoms with Crippen LogP contribution in [0.25, 0.3) is 11.3 Å². The Morgan fingerprint density at radius 1 is 1.15 bits per heavy atom. The number of ether oxygens (including phenoxy) is 1. The number of nitrogens with one attached hydrogen (secondary N) is 1. The smallest absolute Gasteiger partial charge is 0.151 e. The lowest BCUT2D eigenvalue weighted by atomic mass is 9.85. The zero-order valence-electron chi connectivity index (χ0n) is 19.5. The average Bonchev–Trinajstić information content (AvgIpc) is 3.33.